The summed E-state index contributed by atoms with van der Waals surface area (Å²) in [6.45, 7) is 0. The number of carbonyl (C=O) groups is 1. The SMILES string of the molecule is O=C(O)c1cnn(-c2cc(C(F)(F)F)ccc2-c2ccccc2)c1. The maximum atomic E-state index is 13.0. The molecule has 0 saturated carbocycles. The third kappa shape index (κ3) is 3.01. The molecule has 0 saturated heterocycles. The first-order valence-electron chi connectivity index (χ1n) is 6.91. The van der Waals surface area contributed by atoms with E-state index < -0.39 is 17.7 Å². The number of carboxylic acid groups (broad SMARTS) is 1. The Balaban J connectivity index is 2.21. The minimum Gasteiger partial charge on any atom is -0.478 e. The smallest absolute Gasteiger partial charge is 0.416 e. The summed E-state index contributed by atoms with van der Waals surface area (Å²) in [6.07, 6.45) is -2.23. The van der Waals surface area contributed by atoms with E-state index in [9.17, 15) is 18.0 Å². The molecule has 122 valence electrons. The topological polar surface area (TPSA) is 55.1 Å². The van der Waals surface area contributed by atoms with Crippen molar-refractivity contribution in [3.8, 4) is 16.8 Å². The van der Waals surface area contributed by atoms with Crippen LogP contribution in [0.5, 0.6) is 0 Å². The van der Waals surface area contributed by atoms with E-state index in [2.05, 4.69) is 5.10 Å². The van der Waals surface area contributed by atoms with E-state index in [0.717, 1.165) is 23.0 Å². The maximum absolute atomic E-state index is 13.0. The van der Waals surface area contributed by atoms with Gasteiger partial charge in [-0.3, -0.25) is 0 Å². The molecule has 0 spiro atoms. The van der Waals surface area contributed by atoms with Gasteiger partial charge in [-0.15, -0.1) is 0 Å². The molecule has 0 atom stereocenters. The van der Waals surface area contributed by atoms with Gasteiger partial charge in [0, 0.05) is 11.8 Å². The van der Waals surface area contributed by atoms with Crippen LogP contribution in [0.1, 0.15) is 15.9 Å². The van der Waals surface area contributed by atoms with Gasteiger partial charge in [0.1, 0.15) is 0 Å². The molecule has 3 rings (SSSR count). The Morgan fingerprint density at radius 2 is 1.79 bits per heavy atom. The molecule has 2 aromatic carbocycles. The first kappa shape index (κ1) is 15.8. The molecule has 0 aliphatic carbocycles. The Morgan fingerprint density at radius 3 is 2.38 bits per heavy atom. The molecular formula is C17H11F3N2O2. The van der Waals surface area contributed by atoms with Gasteiger partial charge in [-0.1, -0.05) is 36.4 Å². The number of carboxylic acids is 1. The lowest BCUT2D eigenvalue weighted by Crippen LogP contribution is -2.07. The summed E-state index contributed by atoms with van der Waals surface area (Å²) in [5.41, 5.74) is 0.441. The minimum absolute atomic E-state index is 0.105. The molecule has 0 fully saturated rings. The summed E-state index contributed by atoms with van der Waals surface area (Å²) in [5.74, 6) is -1.20. The third-order valence-corrected chi connectivity index (χ3v) is 3.49. The zero-order valence-electron chi connectivity index (χ0n) is 12.2. The summed E-state index contributed by atoms with van der Waals surface area (Å²) >= 11 is 0. The van der Waals surface area contributed by atoms with Gasteiger partial charge in [0.2, 0.25) is 0 Å². The Hall–Kier alpha value is -3.09. The van der Waals surface area contributed by atoms with Gasteiger partial charge in [0.15, 0.2) is 0 Å². The second-order valence-corrected chi connectivity index (χ2v) is 5.07. The number of halogens is 3. The van der Waals surface area contributed by atoms with Crippen LogP contribution in [0.25, 0.3) is 16.8 Å². The molecule has 0 aliphatic heterocycles. The second kappa shape index (κ2) is 5.84. The number of benzene rings is 2. The van der Waals surface area contributed by atoms with Crippen molar-refractivity contribution in [3.05, 3.63) is 72.1 Å². The van der Waals surface area contributed by atoms with Crippen LogP contribution in [0.4, 0.5) is 13.2 Å². The number of aromatic carboxylic acids is 1. The summed E-state index contributed by atoms with van der Waals surface area (Å²) < 4.78 is 40.2. The van der Waals surface area contributed by atoms with Gasteiger partial charge in [-0.25, -0.2) is 9.48 Å². The molecule has 0 aliphatic rings. The quantitative estimate of drug-likeness (QED) is 0.780. The van der Waals surface area contributed by atoms with Crippen molar-refractivity contribution in [1.82, 2.24) is 9.78 Å². The summed E-state index contributed by atoms with van der Waals surface area (Å²) in [5, 5.41) is 12.9. The van der Waals surface area contributed by atoms with Gasteiger partial charge in [0.05, 0.1) is 23.0 Å². The molecule has 1 heterocycles. The Kier molecular flexibility index (Phi) is 3.84. The second-order valence-electron chi connectivity index (χ2n) is 5.07. The Bertz CT molecular complexity index is 886. The zero-order valence-corrected chi connectivity index (χ0v) is 12.2. The predicted molar refractivity (Wildman–Crippen MR) is 81.0 cm³/mol. The molecule has 1 N–H and O–H groups in total. The maximum Gasteiger partial charge on any atom is 0.416 e. The molecule has 3 aromatic rings. The van der Waals surface area contributed by atoms with Crippen LogP contribution < -0.4 is 0 Å². The van der Waals surface area contributed by atoms with E-state index in [1.807, 2.05) is 0 Å². The van der Waals surface area contributed by atoms with Crippen molar-refractivity contribution < 1.29 is 23.1 Å². The molecule has 24 heavy (non-hydrogen) atoms. The molecule has 7 heteroatoms. The highest BCUT2D eigenvalue weighted by Gasteiger charge is 2.31. The summed E-state index contributed by atoms with van der Waals surface area (Å²) in [4.78, 5) is 11.0. The molecule has 1 aromatic heterocycles. The molecule has 0 bridgehead atoms. The van der Waals surface area contributed by atoms with Gasteiger partial charge < -0.3 is 5.11 Å². The van der Waals surface area contributed by atoms with Crippen molar-refractivity contribution in [2.75, 3.05) is 0 Å². The third-order valence-electron chi connectivity index (χ3n) is 3.49. The highest BCUT2D eigenvalue weighted by atomic mass is 19.4. The van der Waals surface area contributed by atoms with Crippen molar-refractivity contribution >= 4 is 5.97 Å². The highest BCUT2D eigenvalue weighted by Crippen LogP contribution is 2.34. The number of nitrogens with zero attached hydrogens (tertiary/aromatic N) is 2. The average Bonchev–Trinajstić information content (AvgIpc) is 3.04. The number of alkyl halides is 3. The first-order chi connectivity index (χ1) is 11.4. The molecule has 0 radical (unpaired) electrons. The lowest BCUT2D eigenvalue weighted by molar-refractivity contribution is -0.137. The lowest BCUT2D eigenvalue weighted by Gasteiger charge is -2.14. The van der Waals surface area contributed by atoms with Crippen molar-refractivity contribution in [3.63, 3.8) is 0 Å². The first-order valence-corrected chi connectivity index (χ1v) is 6.91. The predicted octanol–water partition coefficient (Wildman–Crippen LogP) is 4.26. The number of aromatic nitrogens is 2. The summed E-state index contributed by atoms with van der Waals surface area (Å²) in [6, 6.07) is 12.2. The lowest BCUT2D eigenvalue weighted by atomic mass is 10.0. The monoisotopic (exact) mass is 332 g/mol. The van der Waals surface area contributed by atoms with Crippen LogP contribution in [0.2, 0.25) is 0 Å². The van der Waals surface area contributed by atoms with E-state index in [-0.39, 0.29) is 11.3 Å². The largest absolute Gasteiger partial charge is 0.478 e. The fourth-order valence-electron chi connectivity index (χ4n) is 2.32. The molecular weight excluding hydrogens is 321 g/mol. The average molecular weight is 332 g/mol. The van der Waals surface area contributed by atoms with E-state index >= 15 is 0 Å². The molecule has 4 nitrogen and oxygen atoms in total. The number of hydrogen-bond acceptors (Lipinski definition) is 2. The van der Waals surface area contributed by atoms with Crippen LogP contribution in [-0.2, 0) is 6.18 Å². The van der Waals surface area contributed by atoms with Gasteiger partial charge in [0.25, 0.3) is 0 Å². The summed E-state index contributed by atoms with van der Waals surface area (Å²) in [7, 11) is 0. The van der Waals surface area contributed by atoms with Crippen molar-refractivity contribution in [2.45, 2.75) is 6.18 Å². The zero-order chi connectivity index (χ0) is 17.3. The van der Waals surface area contributed by atoms with Crippen molar-refractivity contribution in [2.24, 2.45) is 0 Å². The van der Waals surface area contributed by atoms with E-state index in [1.54, 1.807) is 30.3 Å². The van der Waals surface area contributed by atoms with Crippen LogP contribution in [-0.4, -0.2) is 20.9 Å². The van der Waals surface area contributed by atoms with Crippen LogP contribution in [0.3, 0.4) is 0 Å². The number of rotatable bonds is 3. The van der Waals surface area contributed by atoms with Crippen molar-refractivity contribution in [1.29, 1.82) is 0 Å². The highest BCUT2D eigenvalue weighted by molar-refractivity contribution is 5.87. The van der Waals surface area contributed by atoms with Gasteiger partial charge >= 0.3 is 12.1 Å². The fourth-order valence-corrected chi connectivity index (χ4v) is 2.32. The van der Waals surface area contributed by atoms with Crippen LogP contribution in [0.15, 0.2) is 60.9 Å². The minimum atomic E-state index is -4.51. The standard InChI is InChI=1S/C17H11F3N2O2/c18-17(19,20)13-6-7-14(11-4-2-1-3-5-11)15(8-13)22-10-12(9-21-22)16(23)24/h1-10H,(H,23,24). The van der Waals surface area contributed by atoms with E-state index in [4.69, 9.17) is 5.11 Å². The Labute approximate surface area is 134 Å². The van der Waals surface area contributed by atoms with Gasteiger partial charge in [-0.2, -0.15) is 18.3 Å². The van der Waals surface area contributed by atoms with E-state index in [1.165, 1.54) is 12.3 Å². The van der Waals surface area contributed by atoms with Crippen LogP contribution >= 0.6 is 0 Å². The molecule has 0 amide bonds. The van der Waals surface area contributed by atoms with E-state index in [0.29, 0.717) is 11.1 Å². The van der Waals surface area contributed by atoms with Crippen LogP contribution in [0, 0.1) is 0 Å². The fraction of sp³-hybridized carbons (Fsp3) is 0.0588. The molecule has 0 unspecified atom stereocenters. The van der Waals surface area contributed by atoms with Gasteiger partial charge in [-0.05, 0) is 17.7 Å². The normalized spacial score (nSPS) is 11.5. The number of hydrogen-bond donors (Lipinski definition) is 1. The Morgan fingerprint density at radius 1 is 1.08 bits per heavy atom.